The number of carbonyl (C=O) groups excluding carboxylic acids is 1. The van der Waals surface area contributed by atoms with Gasteiger partial charge in [-0.15, -0.1) is 0 Å². The Balaban J connectivity index is 2.37. The van der Waals surface area contributed by atoms with Gasteiger partial charge in [0.2, 0.25) is 5.52 Å². The lowest BCUT2D eigenvalue weighted by Gasteiger charge is -2.08. The van der Waals surface area contributed by atoms with Crippen molar-refractivity contribution in [1.82, 2.24) is 9.89 Å². The third-order valence-corrected chi connectivity index (χ3v) is 3.47. The van der Waals surface area contributed by atoms with Crippen LogP contribution in [0.25, 0.3) is 21.9 Å². The highest BCUT2D eigenvalue weighted by atomic mass is 16.8. The summed E-state index contributed by atoms with van der Waals surface area (Å²) in [7, 11) is 0. The molecule has 2 aromatic heterocycles. The zero-order valence-corrected chi connectivity index (χ0v) is 12.7. The lowest BCUT2D eigenvalue weighted by atomic mass is 10.1. The molecule has 0 radical (unpaired) electrons. The number of esters is 1. The molecule has 8 heteroatoms. The first-order chi connectivity index (χ1) is 11.1. The standard InChI is InChI=1S/C15H15N3O5/c1-4-8-22-17-9(3)12(15(19)21-5-2)13-10(17)6-7-11-14(13)16-23-18(11)20/h4,6-7H,1,5,8H2,2-3H3. The Morgan fingerprint density at radius 1 is 1.57 bits per heavy atom. The van der Waals surface area contributed by atoms with Crippen molar-refractivity contribution < 1.29 is 23.9 Å². The molecule has 0 bridgehead atoms. The van der Waals surface area contributed by atoms with Gasteiger partial charge in [0.25, 0.3) is 5.52 Å². The van der Waals surface area contributed by atoms with Gasteiger partial charge < -0.3 is 14.8 Å². The molecule has 1 aromatic carbocycles. The van der Waals surface area contributed by atoms with Crippen molar-refractivity contribution >= 4 is 27.9 Å². The Morgan fingerprint density at radius 2 is 2.35 bits per heavy atom. The predicted molar refractivity (Wildman–Crippen MR) is 80.8 cm³/mol. The minimum Gasteiger partial charge on any atom is -0.462 e. The number of ether oxygens (including phenoxy) is 1. The van der Waals surface area contributed by atoms with Crippen LogP contribution in [0.3, 0.4) is 0 Å². The molecule has 0 fully saturated rings. The first-order valence-corrected chi connectivity index (χ1v) is 7.04. The molecule has 0 unspecified atom stereocenters. The van der Waals surface area contributed by atoms with E-state index in [9.17, 15) is 10.0 Å². The van der Waals surface area contributed by atoms with Gasteiger partial charge in [0, 0.05) is 5.16 Å². The number of nitrogens with zero attached hydrogens (tertiary/aromatic N) is 3. The van der Waals surface area contributed by atoms with Crippen LogP contribution in [0.1, 0.15) is 23.0 Å². The van der Waals surface area contributed by atoms with Gasteiger partial charge in [-0.1, -0.05) is 12.7 Å². The minimum absolute atomic E-state index is 0.226. The SMILES string of the molecule is C=CCOn1c(C)c(C(=O)OCC)c2c3no[n+]([O-])c3ccc21. The molecular weight excluding hydrogens is 302 g/mol. The lowest BCUT2D eigenvalue weighted by molar-refractivity contribution is -0.782. The maximum Gasteiger partial charge on any atom is 0.340 e. The third-order valence-electron chi connectivity index (χ3n) is 3.47. The van der Waals surface area contributed by atoms with Gasteiger partial charge in [-0.2, -0.15) is 4.73 Å². The first kappa shape index (κ1) is 14.9. The second-order valence-corrected chi connectivity index (χ2v) is 4.82. The van der Waals surface area contributed by atoms with Crippen LogP contribution in [0.5, 0.6) is 0 Å². The molecule has 0 aliphatic rings. The molecule has 0 saturated heterocycles. The molecule has 3 aromatic rings. The van der Waals surface area contributed by atoms with Crippen molar-refractivity contribution in [1.29, 1.82) is 0 Å². The van der Waals surface area contributed by atoms with Crippen molar-refractivity contribution in [2.75, 3.05) is 13.2 Å². The van der Waals surface area contributed by atoms with E-state index in [2.05, 4.69) is 16.4 Å². The van der Waals surface area contributed by atoms with Crippen LogP contribution < -0.4 is 9.74 Å². The molecule has 0 aliphatic heterocycles. The number of rotatable bonds is 5. The zero-order valence-electron chi connectivity index (χ0n) is 12.7. The summed E-state index contributed by atoms with van der Waals surface area (Å²) in [6, 6.07) is 3.23. The summed E-state index contributed by atoms with van der Waals surface area (Å²) in [5, 5.41) is 15.8. The Bertz CT molecular complexity index is 909. The monoisotopic (exact) mass is 317 g/mol. The molecule has 0 spiro atoms. The highest BCUT2D eigenvalue weighted by molar-refractivity contribution is 6.14. The molecule has 0 aliphatic carbocycles. The van der Waals surface area contributed by atoms with E-state index in [-0.39, 0.29) is 24.2 Å². The molecular formula is C15H15N3O5. The maximum absolute atomic E-state index is 12.4. The van der Waals surface area contributed by atoms with Crippen LogP contribution in [0, 0.1) is 12.1 Å². The average molecular weight is 317 g/mol. The lowest BCUT2D eigenvalue weighted by Crippen LogP contribution is -2.22. The van der Waals surface area contributed by atoms with Crippen LogP contribution in [0.4, 0.5) is 0 Å². The van der Waals surface area contributed by atoms with Crippen LogP contribution in [-0.2, 0) is 4.74 Å². The van der Waals surface area contributed by atoms with E-state index in [0.717, 1.165) is 0 Å². The highest BCUT2D eigenvalue weighted by Gasteiger charge is 2.28. The normalized spacial score (nSPS) is 11.0. The number of hydrogen-bond donors (Lipinski definition) is 0. The highest BCUT2D eigenvalue weighted by Crippen LogP contribution is 2.30. The Kier molecular flexibility index (Phi) is 3.65. The fraction of sp³-hybridized carbons (Fsp3) is 0.267. The Labute approximate surface area is 131 Å². The topological polar surface area (TPSA) is 93.4 Å². The zero-order chi connectivity index (χ0) is 16.6. The quantitative estimate of drug-likeness (QED) is 0.402. The van der Waals surface area contributed by atoms with E-state index >= 15 is 0 Å². The van der Waals surface area contributed by atoms with E-state index in [4.69, 9.17) is 9.57 Å². The van der Waals surface area contributed by atoms with Gasteiger partial charge in [-0.05, 0) is 30.9 Å². The predicted octanol–water partition coefficient (Wildman–Crippen LogP) is 1.52. The van der Waals surface area contributed by atoms with Crippen LogP contribution in [0.15, 0.2) is 29.4 Å². The van der Waals surface area contributed by atoms with Crippen molar-refractivity contribution in [3.8, 4) is 0 Å². The van der Waals surface area contributed by atoms with Crippen LogP contribution >= 0.6 is 0 Å². The number of benzene rings is 1. The molecule has 0 N–H and O–H groups in total. The third kappa shape index (κ3) is 2.19. The second kappa shape index (κ2) is 5.64. The molecule has 8 nitrogen and oxygen atoms in total. The number of fused-ring (bicyclic) bond motifs is 3. The van der Waals surface area contributed by atoms with Gasteiger partial charge in [0.15, 0.2) is 0 Å². The second-order valence-electron chi connectivity index (χ2n) is 4.82. The molecule has 23 heavy (non-hydrogen) atoms. The summed E-state index contributed by atoms with van der Waals surface area (Å²) in [5.41, 5.74) is 1.95. The number of aromatic nitrogens is 3. The summed E-state index contributed by atoms with van der Waals surface area (Å²) in [4.78, 5) is 18.3. The summed E-state index contributed by atoms with van der Waals surface area (Å²) in [5.74, 6) is -0.510. The van der Waals surface area contributed by atoms with Crippen molar-refractivity contribution in [2.45, 2.75) is 13.8 Å². The summed E-state index contributed by atoms with van der Waals surface area (Å²) >= 11 is 0. The smallest absolute Gasteiger partial charge is 0.340 e. The molecule has 0 amide bonds. The van der Waals surface area contributed by atoms with Gasteiger partial charge in [-0.25, -0.2) is 4.79 Å². The van der Waals surface area contributed by atoms with Crippen molar-refractivity contribution in [3.63, 3.8) is 0 Å². The van der Waals surface area contributed by atoms with Gasteiger partial charge >= 0.3 is 5.97 Å². The minimum atomic E-state index is -0.510. The molecule has 120 valence electrons. The maximum atomic E-state index is 12.4. The van der Waals surface area contributed by atoms with Crippen LogP contribution in [0.2, 0.25) is 0 Å². The molecule has 0 saturated carbocycles. The molecule has 0 atom stereocenters. The summed E-state index contributed by atoms with van der Waals surface area (Å²) < 4.78 is 11.3. The first-order valence-electron chi connectivity index (χ1n) is 7.04. The molecule has 3 rings (SSSR count). The van der Waals surface area contributed by atoms with E-state index in [1.807, 2.05) is 0 Å². The Hall–Kier alpha value is -3.03. The fourth-order valence-electron chi connectivity index (χ4n) is 2.56. The van der Waals surface area contributed by atoms with Crippen LogP contribution in [-0.4, -0.2) is 29.1 Å². The van der Waals surface area contributed by atoms with E-state index in [0.29, 0.717) is 27.1 Å². The van der Waals surface area contributed by atoms with Crippen molar-refractivity contribution in [3.05, 3.63) is 41.3 Å². The largest absolute Gasteiger partial charge is 0.462 e. The summed E-state index contributed by atoms with van der Waals surface area (Å²) in [6.45, 7) is 7.54. The number of carbonyl (C=O) groups is 1. The van der Waals surface area contributed by atoms with E-state index in [1.54, 1.807) is 32.1 Å². The van der Waals surface area contributed by atoms with Gasteiger partial charge in [-0.3, -0.25) is 4.63 Å². The van der Waals surface area contributed by atoms with Crippen molar-refractivity contribution in [2.24, 2.45) is 0 Å². The van der Waals surface area contributed by atoms with E-state index < -0.39 is 5.97 Å². The average Bonchev–Trinajstić information content (AvgIpc) is 3.03. The van der Waals surface area contributed by atoms with Gasteiger partial charge in [0.05, 0.1) is 28.8 Å². The van der Waals surface area contributed by atoms with Gasteiger partial charge in [0.1, 0.15) is 6.61 Å². The fourth-order valence-corrected chi connectivity index (χ4v) is 2.56. The summed E-state index contributed by atoms with van der Waals surface area (Å²) in [6.07, 6.45) is 1.59. The van der Waals surface area contributed by atoms with E-state index in [1.165, 1.54) is 4.73 Å². The Morgan fingerprint density at radius 3 is 3.04 bits per heavy atom. The molecule has 2 heterocycles. The number of hydrogen-bond acceptors (Lipinski definition) is 6.